The fourth-order valence-corrected chi connectivity index (χ4v) is 3.31. The van der Waals surface area contributed by atoms with Crippen LogP contribution in [0.5, 0.6) is 0 Å². The summed E-state index contributed by atoms with van der Waals surface area (Å²) < 4.78 is 0. The number of aromatic amines is 1. The topological polar surface area (TPSA) is 69.7 Å². The maximum atomic E-state index is 4.42. The summed E-state index contributed by atoms with van der Waals surface area (Å²) in [6.45, 7) is 4.04. The van der Waals surface area contributed by atoms with Gasteiger partial charge in [0.1, 0.15) is 0 Å². The number of anilines is 1. The average molecular weight is 298 g/mol. The van der Waals surface area contributed by atoms with Gasteiger partial charge in [0.05, 0.1) is 12.0 Å². The zero-order valence-corrected chi connectivity index (χ0v) is 12.8. The summed E-state index contributed by atoms with van der Waals surface area (Å²) in [7, 11) is 0. The van der Waals surface area contributed by atoms with E-state index in [9.17, 15) is 0 Å². The fraction of sp³-hybridized carbons (Fsp3) is 0.562. The van der Waals surface area contributed by atoms with Crippen LogP contribution in [0.1, 0.15) is 29.8 Å². The first-order chi connectivity index (χ1) is 10.9. The summed E-state index contributed by atoms with van der Waals surface area (Å²) in [6, 6.07) is 2.26. The molecular formula is C16H22N6. The number of aryl methyl sites for hydroxylation is 2. The molecule has 2 aromatic rings. The summed E-state index contributed by atoms with van der Waals surface area (Å²) in [5, 5.41) is 12.3. The second-order valence-corrected chi connectivity index (χ2v) is 6.36. The van der Waals surface area contributed by atoms with Crippen LogP contribution in [0.15, 0.2) is 18.6 Å². The second kappa shape index (κ2) is 6.04. The Balaban J connectivity index is 1.26. The van der Waals surface area contributed by atoms with E-state index in [0.717, 1.165) is 44.1 Å². The third-order valence-electron chi connectivity index (χ3n) is 4.64. The Morgan fingerprint density at radius 1 is 1.23 bits per heavy atom. The molecule has 0 spiro atoms. The van der Waals surface area contributed by atoms with Crippen molar-refractivity contribution in [3.8, 4) is 0 Å². The van der Waals surface area contributed by atoms with Gasteiger partial charge in [-0.25, -0.2) is 4.98 Å². The van der Waals surface area contributed by atoms with Gasteiger partial charge in [0.15, 0.2) is 5.82 Å². The molecule has 0 bridgehead atoms. The lowest BCUT2D eigenvalue weighted by Crippen LogP contribution is -2.51. The first-order valence-electron chi connectivity index (χ1n) is 8.17. The SMILES string of the molecule is c1ncc(CNCC2CN(c3cc4c(nn3)CCCC4)C2)[nH]1. The number of rotatable bonds is 5. The lowest BCUT2D eigenvalue weighted by Gasteiger charge is -2.40. The molecule has 1 aliphatic carbocycles. The van der Waals surface area contributed by atoms with Gasteiger partial charge in [-0.15, -0.1) is 5.10 Å². The molecule has 3 heterocycles. The molecule has 2 aliphatic rings. The Hall–Kier alpha value is -1.95. The number of aromatic nitrogens is 4. The second-order valence-electron chi connectivity index (χ2n) is 6.36. The number of hydrogen-bond acceptors (Lipinski definition) is 5. The highest BCUT2D eigenvalue weighted by atomic mass is 15.3. The summed E-state index contributed by atoms with van der Waals surface area (Å²) in [6.07, 6.45) is 8.40. The van der Waals surface area contributed by atoms with Crippen LogP contribution in [0, 0.1) is 5.92 Å². The molecule has 1 saturated heterocycles. The van der Waals surface area contributed by atoms with E-state index < -0.39 is 0 Å². The van der Waals surface area contributed by atoms with Crippen LogP contribution < -0.4 is 10.2 Å². The highest BCUT2D eigenvalue weighted by Gasteiger charge is 2.28. The van der Waals surface area contributed by atoms with Gasteiger partial charge in [0.2, 0.25) is 0 Å². The van der Waals surface area contributed by atoms with Gasteiger partial charge in [0.25, 0.3) is 0 Å². The quantitative estimate of drug-likeness (QED) is 0.871. The minimum Gasteiger partial charge on any atom is -0.354 e. The molecule has 0 aromatic carbocycles. The molecule has 0 amide bonds. The van der Waals surface area contributed by atoms with E-state index in [1.165, 1.54) is 30.5 Å². The lowest BCUT2D eigenvalue weighted by molar-refractivity contribution is 0.380. The summed E-state index contributed by atoms with van der Waals surface area (Å²) in [5.41, 5.74) is 3.77. The van der Waals surface area contributed by atoms with Crippen LogP contribution in [0.25, 0.3) is 0 Å². The van der Waals surface area contributed by atoms with E-state index in [1.54, 1.807) is 6.33 Å². The van der Waals surface area contributed by atoms with E-state index in [1.807, 2.05) is 6.20 Å². The lowest BCUT2D eigenvalue weighted by atomic mass is 9.95. The highest BCUT2D eigenvalue weighted by molar-refractivity contribution is 5.44. The van der Waals surface area contributed by atoms with Crippen molar-refractivity contribution in [2.45, 2.75) is 32.2 Å². The maximum Gasteiger partial charge on any atom is 0.151 e. The van der Waals surface area contributed by atoms with Crippen LogP contribution in [-0.4, -0.2) is 39.8 Å². The zero-order chi connectivity index (χ0) is 14.8. The van der Waals surface area contributed by atoms with Crippen LogP contribution >= 0.6 is 0 Å². The summed E-state index contributed by atoms with van der Waals surface area (Å²) in [4.78, 5) is 9.47. The van der Waals surface area contributed by atoms with Crippen molar-refractivity contribution in [2.24, 2.45) is 5.92 Å². The van der Waals surface area contributed by atoms with Gasteiger partial charge >= 0.3 is 0 Å². The van der Waals surface area contributed by atoms with E-state index in [4.69, 9.17) is 0 Å². The molecule has 0 atom stereocenters. The van der Waals surface area contributed by atoms with Crippen molar-refractivity contribution in [3.63, 3.8) is 0 Å². The molecule has 2 aromatic heterocycles. The molecule has 1 fully saturated rings. The third-order valence-corrected chi connectivity index (χ3v) is 4.64. The van der Waals surface area contributed by atoms with Gasteiger partial charge < -0.3 is 15.2 Å². The van der Waals surface area contributed by atoms with Crippen LogP contribution in [0.2, 0.25) is 0 Å². The van der Waals surface area contributed by atoms with Gasteiger partial charge in [-0.2, -0.15) is 5.10 Å². The predicted molar refractivity (Wildman–Crippen MR) is 84.7 cm³/mol. The molecule has 1 aliphatic heterocycles. The fourth-order valence-electron chi connectivity index (χ4n) is 3.31. The van der Waals surface area contributed by atoms with E-state index in [2.05, 4.69) is 36.4 Å². The van der Waals surface area contributed by atoms with Gasteiger partial charge in [-0.1, -0.05) is 0 Å². The van der Waals surface area contributed by atoms with Crippen molar-refractivity contribution < 1.29 is 0 Å². The Labute approximate surface area is 130 Å². The molecule has 116 valence electrons. The average Bonchev–Trinajstić information content (AvgIpc) is 3.02. The summed E-state index contributed by atoms with van der Waals surface area (Å²) in [5.74, 6) is 1.76. The number of fused-ring (bicyclic) bond motifs is 1. The van der Waals surface area contributed by atoms with E-state index in [0.29, 0.717) is 5.92 Å². The highest BCUT2D eigenvalue weighted by Crippen LogP contribution is 2.26. The molecule has 4 rings (SSSR count). The first-order valence-corrected chi connectivity index (χ1v) is 8.17. The Kier molecular flexibility index (Phi) is 3.76. The van der Waals surface area contributed by atoms with Gasteiger partial charge in [-0.05, 0) is 37.3 Å². The van der Waals surface area contributed by atoms with Crippen molar-refractivity contribution >= 4 is 5.82 Å². The molecule has 22 heavy (non-hydrogen) atoms. The van der Waals surface area contributed by atoms with Crippen molar-refractivity contribution in [1.29, 1.82) is 0 Å². The molecule has 2 N–H and O–H groups in total. The number of nitrogens with zero attached hydrogens (tertiary/aromatic N) is 4. The summed E-state index contributed by atoms with van der Waals surface area (Å²) >= 11 is 0. The Morgan fingerprint density at radius 3 is 3.00 bits per heavy atom. The largest absolute Gasteiger partial charge is 0.354 e. The van der Waals surface area contributed by atoms with Crippen LogP contribution in [-0.2, 0) is 19.4 Å². The maximum absolute atomic E-state index is 4.42. The van der Waals surface area contributed by atoms with Crippen molar-refractivity contribution in [3.05, 3.63) is 35.5 Å². The Morgan fingerprint density at radius 2 is 2.14 bits per heavy atom. The third kappa shape index (κ3) is 2.83. The molecule has 0 saturated carbocycles. The minimum absolute atomic E-state index is 0.695. The number of H-pyrrole nitrogens is 1. The van der Waals surface area contributed by atoms with E-state index >= 15 is 0 Å². The first kappa shape index (κ1) is 13.7. The van der Waals surface area contributed by atoms with Gasteiger partial charge in [0, 0.05) is 44.0 Å². The number of hydrogen-bond donors (Lipinski definition) is 2. The molecular weight excluding hydrogens is 276 g/mol. The molecule has 0 unspecified atom stereocenters. The predicted octanol–water partition coefficient (Wildman–Crippen LogP) is 1.30. The van der Waals surface area contributed by atoms with E-state index in [-0.39, 0.29) is 0 Å². The van der Waals surface area contributed by atoms with Crippen molar-refractivity contribution in [2.75, 3.05) is 24.5 Å². The smallest absolute Gasteiger partial charge is 0.151 e. The molecule has 6 heteroatoms. The van der Waals surface area contributed by atoms with Crippen LogP contribution in [0.3, 0.4) is 0 Å². The Bertz CT molecular complexity index is 618. The normalized spacial score (nSPS) is 18.1. The zero-order valence-electron chi connectivity index (χ0n) is 12.8. The van der Waals surface area contributed by atoms with Gasteiger partial charge in [-0.3, -0.25) is 0 Å². The number of imidazole rings is 1. The van der Waals surface area contributed by atoms with Crippen LogP contribution in [0.4, 0.5) is 5.82 Å². The molecule has 0 radical (unpaired) electrons. The number of nitrogens with one attached hydrogen (secondary N) is 2. The van der Waals surface area contributed by atoms with Crippen molar-refractivity contribution in [1.82, 2.24) is 25.5 Å². The minimum atomic E-state index is 0.695. The monoisotopic (exact) mass is 298 g/mol. The standard InChI is InChI=1S/C16H22N6/c1-2-4-15-13(3-1)5-16(21-20-15)22-9-12(10-22)6-17-7-14-8-18-11-19-14/h5,8,11-12,17H,1-4,6-7,9-10H2,(H,18,19). The molecule has 6 nitrogen and oxygen atoms in total.